The van der Waals surface area contributed by atoms with Gasteiger partial charge in [0.05, 0.1) is 21.7 Å². The van der Waals surface area contributed by atoms with Gasteiger partial charge in [-0.2, -0.15) is 0 Å². The van der Waals surface area contributed by atoms with Crippen molar-refractivity contribution in [3.8, 4) is 22.8 Å². The monoisotopic (exact) mass is 780 g/mol. The molecule has 4 aromatic rings. The van der Waals surface area contributed by atoms with Crippen LogP contribution in [0.25, 0.3) is 11.3 Å². The van der Waals surface area contributed by atoms with Gasteiger partial charge in [-0.05, 0) is 129 Å². The lowest BCUT2D eigenvalue weighted by molar-refractivity contribution is -0.134. The van der Waals surface area contributed by atoms with E-state index in [9.17, 15) is 19.5 Å². The molecule has 2 saturated heterocycles. The summed E-state index contributed by atoms with van der Waals surface area (Å²) in [5.74, 6) is 1.04. The molecule has 11 nitrogen and oxygen atoms in total. The second kappa shape index (κ2) is 15.0. The number of benzene rings is 2. The standard InChI is InChI=1S/C35H38Br2N6O5/c1-48-27-4-2-25(3-5-27)31-21-43(35(47)40-31)26-10-16-42(17-11-26)34(46)39-30(20-22-18-28(36)32(44)29(37)19-22)33(45)41-14-8-24(9-15-41)23-6-12-38-13-7-23/h2-7,12-13,18-19,21,24,26,30,44H,8-11,14-17,20H2,1H3,(H,39,46)(H,40,47)/t30-/m1/s1. The van der Waals surface area contributed by atoms with Crippen molar-refractivity contribution in [2.45, 2.75) is 50.1 Å². The Morgan fingerprint density at radius 2 is 1.60 bits per heavy atom. The molecule has 3 N–H and O–H groups in total. The first-order chi connectivity index (χ1) is 23.2. The predicted molar refractivity (Wildman–Crippen MR) is 189 cm³/mol. The molecular formula is C35H38Br2N6O5. The number of methoxy groups -OCH3 is 1. The predicted octanol–water partition coefficient (Wildman–Crippen LogP) is 5.84. The van der Waals surface area contributed by atoms with E-state index in [1.807, 2.05) is 47.5 Å². The molecule has 0 unspecified atom stereocenters. The van der Waals surface area contributed by atoms with E-state index in [4.69, 9.17) is 4.74 Å². The second-order valence-electron chi connectivity index (χ2n) is 12.3. The summed E-state index contributed by atoms with van der Waals surface area (Å²) in [5.41, 5.74) is 3.43. The summed E-state index contributed by atoms with van der Waals surface area (Å²) < 4.78 is 7.96. The molecule has 0 aliphatic carbocycles. The van der Waals surface area contributed by atoms with Crippen molar-refractivity contribution in [1.82, 2.24) is 29.7 Å². The van der Waals surface area contributed by atoms with E-state index in [0.29, 0.717) is 53.9 Å². The largest absolute Gasteiger partial charge is 0.506 e. The molecule has 0 spiro atoms. The van der Waals surface area contributed by atoms with Gasteiger partial charge in [0.25, 0.3) is 0 Å². The normalized spacial score (nSPS) is 16.5. The Balaban J connectivity index is 1.11. The van der Waals surface area contributed by atoms with Gasteiger partial charge in [-0.15, -0.1) is 0 Å². The third-order valence-electron chi connectivity index (χ3n) is 9.39. The molecule has 1 atom stereocenters. The number of urea groups is 1. The Kier molecular flexibility index (Phi) is 10.5. The van der Waals surface area contributed by atoms with Crippen LogP contribution >= 0.6 is 31.9 Å². The molecule has 0 radical (unpaired) electrons. The van der Waals surface area contributed by atoms with Gasteiger partial charge in [0.1, 0.15) is 17.5 Å². The number of likely N-dealkylation sites (tertiary alicyclic amines) is 2. The van der Waals surface area contributed by atoms with Crippen LogP contribution in [0.4, 0.5) is 4.79 Å². The van der Waals surface area contributed by atoms with Crippen LogP contribution in [-0.2, 0) is 11.2 Å². The molecule has 13 heteroatoms. The maximum Gasteiger partial charge on any atom is 0.326 e. The number of nitrogens with one attached hydrogen (secondary N) is 2. The van der Waals surface area contributed by atoms with E-state index in [-0.39, 0.29) is 35.8 Å². The smallest absolute Gasteiger partial charge is 0.326 e. The quantitative estimate of drug-likeness (QED) is 0.206. The van der Waals surface area contributed by atoms with Gasteiger partial charge in [0.15, 0.2) is 0 Å². The average Bonchev–Trinajstić information content (AvgIpc) is 3.51. The fraction of sp³-hybridized carbons (Fsp3) is 0.371. The van der Waals surface area contributed by atoms with Gasteiger partial charge in [-0.1, -0.05) is 0 Å². The number of phenols is 1. The van der Waals surface area contributed by atoms with Crippen molar-refractivity contribution >= 4 is 43.8 Å². The van der Waals surface area contributed by atoms with E-state index in [1.165, 1.54) is 5.56 Å². The Hall–Kier alpha value is -4.10. The van der Waals surface area contributed by atoms with E-state index in [0.717, 1.165) is 35.4 Å². The first kappa shape index (κ1) is 33.8. The molecule has 48 heavy (non-hydrogen) atoms. The molecule has 2 aliphatic heterocycles. The number of carbonyl (C=O) groups is 2. The highest BCUT2D eigenvalue weighted by molar-refractivity contribution is 9.11. The molecular weight excluding hydrogens is 744 g/mol. The minimum absolute atomic E-state index is 0.0596. The maximum absolute atomic E-state index is 14.0. The number of piperidine rings is 2. The number of aromatic hydroxyl groups is 1. The SMILES string of the molecule is COc1ccc(-c2cn(C3CCN(C(=O)N[C@H](Cc4cc(Br)c(O)c(Br)c4)C(=O)N4CCC(c5ccncc5)CC4)CC3)c(=O)[nH]2)cc1. The zero-order valence-corrected chi connectivity index (χ0v) is 29.7. The zero-order chi connectivity index (χ0) is 33.8. The van der Waals surface area contributed by atoms with Crippen molar-refractivity contribution in [2.24, 2.45) is 0 Å². The molecule has 6 rings (SSSR count). The van der Waals surface area contributed by atoms with Gasteiger partial charge in [0.2, 0.25) is 5.91 Å². The summed E-state index contributed by atoms with van der Waals surface area (Å²) in [7, 11) is 1.61. The van der Waals surface area contributed by atoms with Crippen molar-refractivity contribution in [1.29, 1.82) is 0 Å². The van der Waals surface area contributed by atoms with Crippen LogP contribution in [0.2, 0.25) is 0 Å². The molecule has 0 bridgehead atoms. The number of rotatable bonds is 8. The topological polar surface area (TPSA) is 133 Å². The molecule has 4 heterocycles. The Labute approximate surface area is 295 Å². The number of phenolic OH excluding ortho intramolecular Hbond substituents is 1. The van der Waals surface area contributed by atoms with Gasteiger partial charge in [-0.25, -0.2) is 9.59 Å². The number of ether oxygens (including phenoxy) is 1. The number of amides is 3. The number of hydrogen-bond donors (Lipinski definition) is 3. The lowest BCUT2D eigenvalue weighted by atomic mass is 9.89. The van der Waals surface area contributed by atoms with Gasteiger partial charge >= 0.3 is 11.7 Å². The van der Waals surface area contributed by atoms with Gasteiger partial charge in [0, 0.05) is 57.2 Å². The number of pyridine rings is 1. The Morgan fingerprint density at radius 3 is 2.23 bits per heavy atom. The zero-order valence-electron chi connectivity index (χ0n) is 26.6. The summed E-state index contributed by atoms with van der Waals surface area (Å²) in [6, 6.07) is 13.9. The summed E-state index contributed by atoms with van der Waals surface area (Å²) >= 11 is 6.77. The summed E-state index contributed by atoms with van der Waals surface area (Å²) in [5, 5.41) is 13.3. The van der Waals surface area contributed by atoms with Crippen LogP contribution in [-0.4, -0.2) is 80.7 Å². The van der Waals surface area contributed by atoms with E-state index in [2.05, 4.69) is 47.1 Å². The first-order valence-electron chi connectivity index (χ1n) is 16.1. The number of nitrogens with zero attached hydrogens (tertiary/aromatic N) is 4. The van der Waals surface area contributed by atoms with E-state index in [1.54, 1.807) is 41.1 Å². The number of H-pyrrole nitrogens is 1. The molecule has 2 aromatic heterocycles. The number of aromatic amines is 1. The molecule has 2 aromatic carbocycles. The van der Waals surface area contributed by atoms with E-state index >= 15 is 0 Å². The summed E-state index contributed by atoms with van der Waals surface area (Å²) in [6.07, 6.45) is 8.56. The number of aromatic nitrogens is 3. The van der Waals surface area contributed by atoms with Crippen molar-refractivity contribution < 1.29 is 19.4 Å². The van der Waals surface area contributed by atoms with Crippen LogP contribution in [0.1, 0.15) is 48.8 Å². The Morgan fingerprint density at radius 1 is 0.979 bits per heavy atom. The Bertz CT molecular complexity index is 1770. The molecule has 2 fully saturated rings. The highest BCUT2D eigenvalue weighted by Crippen LogP contribution is 2.34. The van der Waals surface area contributed by atoms with Gasteiger partial charge in [-0.3, -0.25) is 14.3 Å². The first-order valence-corrected chi connectivity index (χ1v) is 17.7. The van der Waals surface area contributed by atoms with Crippen LogP contribution in [0, 0.1) is 0 Å². The molecule has 2 aliphatic rings. The minimum Gasteiger partial charge on any atom is -0.506 e. The molecule has 252 valence electrons. The van der Waals surface area contributed by atoms with Crippen molar-refractivity contribution in [2.75, 3.05) is 33.3 Å². The lowest BCUT2D eigenvalue weighted by Gasteiger charge is -2.36. The number of imidazole rings is 1. The fourth-order valence-corrected chi connectivity index (χ4v) is 7.93. The van der Waals surface area contributed by atoms with Crippen LogP contribution in [0.15, 0.2) is 80.9 Å². The highest BCUT2D eigenvalue weighted by Gasteiger charge is 2.33. The van der Waals surface area contributed by atoms with Crippen LogP contribution in [0.5, 0.6) is 11.5 Å². The fourth-order valence-electron chi connectivity index (χ4n) is 6.65. The van der Waals surface area contributed by atoms with E-state index < -0.39 is 6.04 Å². The number of carbonyl (C=O) groups excluding carboxylic acids is 2. The third kappa shape index (κ3) is 7.62. The minimum atomic E-state index is -0.796. The third-order valence-corrected chi connectivity index (χ3v) is 10.6. The summed E-state index contributed by atoms with van der Waals surface area (Å²) in [4.78, 5) is 51.2. The van der Waals surface area contributed by atoms with Crippen molar-refractivity contribution in [3.63, 3.8) is 0 Å². The maximum atomic E-state index is 14.0. The summed E-state index contributed by atoms with van der Waals surface area (Å²) in [6.45, 7) is 2.08. The van der Waals surface area contributed by atoms with Crippen molar-refractivity contribution in [3.05, 3.63) is 97.7 Å². The average molecular weight is 783 g/mol. The van der Waals surface area contributed by atoms with Crippen LogP contribution in [0.3, 0.4) is 0 Å². The molecule has 3 amide bonds. The highest BCUT2D eigenvalue weighted by atomic mass is 79.9. The second-order valence-corrected chi connectivity index (χ2v) is 14.0. The molecule has 0 saturated carbocycles. The number of hydrogen-bond acceptors (Lipinski definition) is 6. The lowest BCUT2D eigenvalue weighted by Crippen LogP contribution is -2.55. The number of halogens is 2. The van der Waals surface area contributed by atoms with Gasteiger partial charge < -0.3 is 29.9 Å². The van der Waals surface area contributed by atoms with Crippen LogP contribution < -0.4 is 15.7 Å².